The van der Waals surface area contributed by atoms with E-state index in [2.05, 4.69) is 24.1 Å². The van der Waals surface area contributed by atoms with Crippen LogP contribution in [0.15, 0.2) is 18.2 Å². The molecule has 0 heterocycles. The van der Waals surface area contributed by atoms with Gasteiger partial charge in [0.15, 0.2) is 0 Å². The van der Waals surface area contributed by atoms with Gasteiger partial charge >= 0.3 is 0 Å². The minimum absolute atomic E-state index is 0.0862. The van der Waals surface area contributed by atoms with Crippen molar-refractivity contribution in [2.75, 3.05) is 32.8 Å². The van der Waals surface area contributed by atoms with Crippen LogP contribution in [0.4, 0.5) is 0 Å². The van der Waals surface area contributed by atoms with Crippen molar-refractivity contribution in [2.45, 2.75) is 33.6 Å². The number of amides is 1. The molecule has 5 heteroatoms. The van der Waals surface area contributed by atoms with Gasteiger partial charge in [0, 0.05) is 24.5 Å². The van der Waals surface area contributed by atoms with E-state index in [9.17, 15) is 4.79 Å². The molecule has 0 aliphatic carbocycles. The maximum atomic E-state index is 11.7. The number of nitrogens with zero attached hydrogens (tertiary/aromatic N) is 1. The van der Waals surface area contributed by atoms with Gasteiger partial charge in [-0.25, -0.2) is 0 Å². The van der Waals surface area contributed by atoms with Gasteiger partial charge in [-0.2, -0.15) is 0 Å². The Morgan fingerprint density at radius 2 is 2.05 bits per heavy atom. The molecule has 1 rings (SSSR count). The largest absolute Gasteiger partial charge is 0.494 e. The molecule has 124 valence electrons. The summed E-state index contributed by atoms with van der Waals surface area (Å²) in [6.45, 7) is 10.4. The zero-order valence-corrected chi connectivity index (χ0v) is 14.6. The van der Waals surface area contributed by atoms with E-state index >= 15 is 0 Å². The molecule has 0 aromatic heterocycles. The number of benzene rings is 1. The third-order valence-electron chi connectivity index (χ3n) is 3.59. The molecule has 0 saturated carbocycles. The van der Waals surface area contributed by atoms with Crippen molar-refractivity contribution < 1.29 is 9.53 Å². The summed E-state index contributed by atoms with van der Waals surface area (Å²) in [6.07, 6.45) is 1.20. The monoisotopic (exact) mass is 326 g/mol. The van der Waals surface area contributed by atoms with Crippen LogP contribution in [0.5, 0.6) is 5.75 Å². The molecule has 0 atom stereocenters. The number of hydrogen-bond donors (Lipinski definition) is 1. The molecular formula is C17H27ClN2O2. The SMILES string of the molecule is CCN(CC)CCNC(=O)CCCOc1ccc(Cl)c(C)c1. The standard InChI is InChI=1S/C17H27ClN2O2/c1-4-20(5-2)11-10-19-17(21)7-6-12-22-15-8-9-16(18)14(3)13-15/h8-9,13H,4-7,10-12H2,1-3H3,(H,19,21). The van der Waals surface area contributed by atoms with Crippen LogP contribution in [0.3, 0.4) is 0 Å². The van der Waals surface area contributed by atoms with Gasteiger partial charge in [-0.3, -0.25) is 4.79 Å². The van der Waals surface area contributed by atoms with E-state index in [1.54, 1.807) is 0 Å². The number of ether oxygens (including phenoxy) is 1. The molecule has 1 N–H and O–H groups in total. The highest BCUT2D eigenvalue weighted by Gasteiger charge is 2.04. The number of aryl methyl sites for hydroxylation is 1. The first-order valence-corrected chi connectivity index (χ1v) is 8.32. The Kier molecular flexibility index (Phi) is 8.94. The fourth-order valence-corrected chi connectivity index (χ4v) is 2.23. The second-order valence-corrected chi connectivity index (χ2v) is 5.65. The molecule has 1 aromatic carbocycles. The van der Waals surface area contributed by atoms with Crippen molar-refractivity contribution in [3.05, 3.63) is 28.8 Å². The van der Waals surface area contributed by atoms with E-state index in [1.165, 1.54) is 0 Å². The Balaban J connectivity index is 2.13. The summed E-state index contributed by atoms with van der Waals surface area (Å²) in [5.41, 5.74) is 0.994. The van der Waals surface area contributed by atoms with Crippen molar-refractivity contribution in [1.82, 2.24) is 10.2 Å². The third kappa shape index (κ3) is 7.14. The topological polar surface area (TPSA) is 41.6 Å². The fourth-order valence-electron chi connectivity index (χ4n) is 2.11. The lowest BCUT2D eigenvalue weighted by Gasteiger charge is -2.17. The molecule has 22 heavy (non-hydrogen) atoms. The number of halogens is 1. The summed E-state index contributed by atoms with van der Waals surface area (Å²) in [5.74, 6) is 0.881. The maximum absolute atomic E-state index is 11.7. The first-order valence-electron chi connectivity index (χ1n) is 7.94. The molecule has 0 unspecified atom stereocenters. The molecular weight excluding hydrogens is 300 g/mol. The summed E-state index contributed by atoms with van der Waals surface area (Å²) < 4.78 is 5.62. The molecule has 1 amide bonds. The first-order chi connectivity index (χ1) is 10.6. The average Bonchev–Trinajstić information content (AvgIpc) is 2.51. The molecule has 0 spiro atoms. The predicted molar refractivity (Wildman–Crippen MR) is 91.7 cm³/mol. The minimum atomic E-state index is 0.0862. The number of rotatable bonds is 10. The van der Waals surface area contributed by atoms with Crippen LogP contribution in [0, 0.1) is 6.92 Å². The highest BCUT2D eigenvalue weighted by Crippen LogP contribution is 2.21. The summed E-state index contributed by atoms with van der Waals surface area (Å²) in [5, 5.41) is 3.68. The highest BCUT2D eigenvalue weighted by atomic mass is 35.5. The Hall–Kier alpha value is -1.26. The van der Waals surface area contributed by atoms with E-state index in [4.69, 9.17) is 16.3 Å². The van der Waals surface area contributed by atoms with Gasteiger partial charge in [-0.05, 0) is 50.2 Å². The highest BCUT2D eigenvalue weighted by molar-refractivity contribution is 6.31. The van der Waals surface area contributed by atoms with Crippen LogP contribution < -0.4 is 10.1 Å². The zero-order valence-electron chi connectivity index (χ0n) is 13.8. The molecule has 0 saturated heterocycles. The van der Waals surface area contributed by atoms with Crippen LogP contribution in [0.2, 0.25) is 5.02 Å². The van der Waals surface area contributed by atoms with Gasteiger partial charge in [-0.15, -0.1) is 0 Å². The predicted octanol–water partition coefficient (Wildman–Crippen LogP) is 3.27. The maximum Gasteiger partial charge on any atom is 0.220 e. The average molecular weight is 327 g/mol. The van der Waals surface area contributed by atoms with Crippen molar-refractivity contribution in [3.8, 4) is 5.75 Å². The van der Waals surface area contributed by atoms with Gasteiger partial charge in [-0.1, -0.05) is 25.4 Å². The van der Waals surface area contributed by atoms with Gasteiger partial charge in [0.1, 0.15) is 5.75 Å². The van der Waals surface area contributed by atoms with E-state index in [0.29, 0.717) is 26.0 Å². The van der Waals surface area contributed by atoms with Gasteiger partial charge in [0.2, 0.25) is 5.91 Å². The van der Waals surface area contributed by atoms with E-state index in [0.717, 1.165) is 36.0 Å². The van der Waals surface area contributed by atoms with Gasteiger partial charge < -0.3 is 15.0 Å². The van der Waals surface area contributed by atoms with Crippen molar-refractivity contribution in [2.24, 2.45) is 0 Å². The lowest BCUT2D eigenvalue weighted by Crippen LogP contribution is -2.34. The number of carbonyl (C=O) groups excluding carboxylic acids is 1. The molecule has 0 fully saturated rings. The second kappa shape index (κ2) is 10.5. The summed E-state index contributed by atoms with van der Waals surface area (Å²) in [6, 6.07) is 5.58. The van der Waals surface area contributed by atoms with Crippen LogP contribution >= 0.6 is 11.6 Å². The Labute approximate surface area is 138 Å². The molecule has 1 aromatic rings. The molecule has 0 aliphatic rings. The fraction of sp³-hybridized carbons (Fsp3) is 0.588. The van der Waals surface area contributed by atoms with E-state index < -0.39 is 0 Å². The summed E-state index contributed by atoms with van der Waals surface area (Å²) in [4.78, 5) is 14.0. The second-order valence-electron chi connectivity index (χ2n) is 5.24. The van der Waals surface area contributed by atoms with Crippen molar-refractivity contribution in [1.29, 1.82) is 0 Å². The quantitative estimate of drug-likeness (QED) is 0.671. The molecule has 0 aliphatic heterocycles. The number of nitrogens with one attached hydrogen (secondary N) is 1. The summed E-state index contributed by atoms with van der Waals surface area (Å²) >= 11 is 5.96. The Bertz CT molecular complexity index is 462. The van der Waals surface area contributed by atoms with E-state index in [-0.39, 0.29) is 5.91 Å². The van der Waals surface area contributed by atoms with Crippen LogP contribution in [-0.2, 0) is 4.79 Å². The number of hydrogen-bond acceptors (Lipinski definition) is 3. The summed E-state index contributed by atoms with van der Waals surface area (Å²) in [7, 11) is 0. The molecule has 0 radical (unpaired) electrons. The lowest BCUT2D eigenvalue weighted by atomic mass is 10.2. The van der Waals surface area contributed by atoms with Crippen molar-refractivity contribution in [3.63, 3.8) is 0 Å². The van der Waals surface area contributed by atoms with Gasteiger partial charge in [0.25, 0.3) is 0 Å². The van der Waals surface area contributed by atoms with E-state index in [1.807, 2.05) is 25.1 Å². The first kappa shape index (κ1) is 18.8. The Morgan fingerprint density at radius 1 is 1.32 bits per heavy atom. The molecule has 4 nitrogen and oxygen atoms in total. The lowest BCUT2D eigenvalue weighted by molar-refractivity contribution is -0.121. The van der Waals surface area contributed by atoms with Crippen LogP contribution in [0.1, 0.15) is 32.3 Å². The zero-order chi connectivity index (χ0) is 16.4. The Morgan fingerprint density at radius 3 is 2.68 bits per heavy atom. The number of likely N-dealkylation sites (N-methyl/N-ethyl adjacent to an activating group) is 1. The third-order valence-corrected chi connectivity index (χ3v) is 4.02. The number of carbonyl (C=O) groups is 1. The normalized spacial score (nSPS) is 10.8. The smallest absolute Gasteiger partial charge is 0.220 e. The molecule has 0 bridgehead atoms. The van der Waals surface area contributed by atoms with Gasteiger partial charge in [0.05, 0.1) is 6.61 Å². The van der Waals surface area contributed by atoms with Crippen LogP contribution in [-0.4, -0.2) is 43.6 Å². The van der Waals surface area contributed by atoms with Crippen LogP contribution in [0.25, 0.3) is 0 Å². The van der Waals surface area contributed by atoms with Crippen molar-refractivity contribution >= 4 is 17.5 Å². The minimum Gasteiger partial charge on any atom is -0.494 e.